The summed E-state index contributed by atoms with van der Waals surface area (Å²) in [7, 11) is 0. The Kier molecular flexibility index (Phi) is 6.07. The third-order valence-corrected chi connectivity index (χ3v) is 5.28. The fraction of sp³-hybridized carbons (Fsp3) is 0.350. The van der Waals surface area contributed by atoms with Crippen LogP contribution in [0.3, 0.4) is 0 Å². The van der Waals surface area contributed by atoms with Gasteiger partial charge < -0.3 is 15.1 Å². The lowest BCUT2D eigenvalue weighted by molar-refractivity contribution is -0.892. The van der Waals surface area contributed by atoms with Crippen molar-refractivity contribution in [1.29, 1.82) is 0 Å². The van der Waals surface area contributed by atoms with Gasteiger partial charge in [0.2, 0.25) is 0 Å². The maximum atomic E-state index is 12.4. The first kappa shape index (κ1) is 19.0. The monoisotopic (exact) mass is 392 g/mol. The Bertz CT molecular complexity index is 778. The van der Waals surface area contributed by atoms with Crippen molar-refractivity contribution in [2.24, 2.45) is 0 Å². The van der Waals surface area contributed by atoms with Crippen molar-refractivity contribution >= 4 is 40.5 Å². The zero-order valence-corrected chi connectivity index (χ0v) is 16.6. The molecule has 1 aliphatic rings. The second-order valence-electron chi connectivity index (χ2n) is 6.88. The van der Waals surface area contributed by atoms with Crippen LogP contribution in [0.1, 0.15) is 11.1 Å². The summed E-state index contributed by atoms with van der Waals surface area (Å²) < 4.78 is 0. The zero-order chi connectivity index (χ0) is 18.7. The van der Waals surface area contributed by atoms with Crippen LogP contribution in [0.5, 0.6) is 0 Å². The molecule has 1 heterocycles. The molecular weight excluding hydrogens is 369 g/mol. The van der Waals surface area contributed by atoms with Gasteiger partial charge in [-0.1, -0.05) is 35.3 Å². The summed E-state index contributed by atoms with van der Waals surface area (Å²) >= 11 is 12.4. The Labute approximate surface area is 164 Å². The molecule has 2 aromatic rings. The standard InChI is InChI=1S/C20H23Cl2N3O/c1-14-10-15(2)20(18(22)11-14)23-19(26)13-24-6-8-25(9-7-24)17-5-3-4-16(21)12-17/h3-5,10-12H,6-9,13H2,1-2H3,(H,23,26)/p+1. The summed E-state index contributed by atoms with van der Waals surface area (Å²) in [4.78, 5) is 16.0. The highest BCUT2D eigenvalue weighted by Crippen LogP contribution is 2.27. The fourth-order valence-electron chi connectivity index (χ4n) is 3.42. The van der Waals surface area contributed by atoms with Crippen molar-refractivity contribution in [3.63, 3.8) is 0 Å². The number of amides is 1. The second-order valence-corrected chi connectivity index (χ2v) is 7.72. The highest BCUT2D eigenvalue weighted by molar-refractivity contribution is 6.34. The van der Waals surface area contributed by atoms with Crippen LogP contribution in [-0.2, 0) is 4.79 Å². The molecule has 0 bridgehead atoms. The van der Waals surface area contributed by atoms with E-state index in [1.807, 2.05) is 44.2 Å². The van der Waals surface area contributed by atoms with Crippen LogP contribution in [-0.4, -0.2) is 38.6 Å². The molecule has 0 saturated carbocycles. The summed E-state index contributed by atoms with van der Waals surface area (Å²) in [5.41, 5.74) is 3.94. The maximum Gasteiger partial charge on any atom is 0.279 e. The molecule has 1 saturated heterocycles. The number of rotatable bonds is 4. The van der Waals surface area contributed by atoms with Crippen molar-refractivity contribution in [3.05, 3.63) is 57.6 Å². The summed E-state index contributed by atoms with van der Waals surface area (Å²) in [5.74, 6) is 0.00468. The molecule has 1 aliphatic heterocycles. The molecule has 0 aromatic heterocycles. The van der Waals surface area contributed by atoms with Gasteiger partial charge in [-0.15, -0.1) is 0 Å². The molecule has 6 heteroatoms. The number of halogens is 2. The molecule has 4 nitrogen and oxygen atoms in total. The van der Waals surface area contributed by atoms with Gasteiger partial charge in [0, 0.05) is 10.7 Å². The average Bonchev–Trinajstić information content (AvgIpc) is 2.59. The smallest absolute Gasteiger partial charge is 0.279 e. The van der Waals surface area contributed by atoms with Gasteiger partial charge in [0.25, 0.3) is 5.91 Å². The third-order valence-electron chi connectivity index (χ3n) is 4.75. The van der Waals surface area contributed by atoms with Crippen LogP contribution in [0.2, 0.25) is 10.0 Å². The van der Waals surface area contributed by atoms with E-state index in [1.54, 1.807) is 0 Å². The number of piperazine rings is 1. The van der Waals surface area contributed by atoms with E-state index in [0.717, 1.165) is 53.7 Å². The van der Waals surface area contributed by atoms with E-state index in [1.165, 1.54) is 4.90 Å². The van der Waals surface area contributed by atoms with Crippen LogP contribution in [0, 0.1) is 13.8 Å². The van der Waals surface area contributed by atoms with Crippen molar-refractivity contribution in [2.45, 2.75) is 13.8 Å². The Hall–Kier alpha value is -1.75. The largest absolute Gasteiger partial charge is 0.360 e. The molecular formula is C20H24Cl2N3O+. The first-order valence-electron chi connectivity index (χ1n) is 8.83. The molecule has 2 aromatic carbocycles. The number of hydrogen-bond donors (Lipinski definition) is 2. The Morgan fingerprint density at radius 2 is 1.88 bits per heavy atom. The topological polar surface area (TPSA) is 36.8 Å². The quantitative estimate of drug-likeness (QED) is 0.838. The summed E-state index contributed by atoms with van der Waals surface area (Å²) in [6.45, 7) is 8.06. The Morgan fingerprint density at radius 1 is 1.15 bits per heavy atom. The molecule has 2 N–H and O–H groups in total. The van der Waals surface area contributed by atoms with E-state index in [-0.39, 0.29) is 5.91 Å². The fourth-order valence-corrected chi connectivity index (χ4v) is 3.97. The van der Waals surface area contributed by atoms with Crippen LogP contribution in [0.15, 0.2) is 36.4 Å². The lowest BCUT2D eigenvalue weighted by Crippen LogP contribution is -3.15. The molecule has 3 rings (SSSR count). The van der Waals surface area contributed by atoms with Gasteiger partial charge in [-0.25, -0.2) is 0 Å². The number of aryl methyl sites for hydroxylation is 2. The third kappa shape index (κ3) is 4.70. The number of nitrogens with zero attached hydrogens (tertiary/aromatic N) is 1. The molecule has 1 fully saturated rings. The number of carbonyl (C=O) groups is 1. The molecule has 0 unspecified atom stereocenters. The lowest BCUT2D eigenvalue weighted by atomic mass is 10.1. The van der Waals surface area contributed by atoms with E-state index < -0.39 is 0 Å². The Balaban J connectivity index is 1.54. The Morgan fingerprint density at radius 3 is 2.54 bits per heavy atom. The van der Waals surface area contributed by atoms with Crippen LogP contribution in [0.4, 0.5) is 11.4 Å². The first-order valence-corrected chi connectivity index (χ1v) is 9.58. The molecule has 0 radical (unpaired) electrons. The van der Waals surface area contributed by atoms with E-state index in [9.17, 15) is 4.79 Å². The van der Waals surface area contributed by atoms with Crippen molar-refractivity contribution in [3.8, 4) is 0 Å². The van der Waals surface area contributed by atoms with Crippen LogP contribution >= 0.6 is 23.2 Å². The molecule has 0 atom stereocenters. The van der Waals surface area contributed by atoms with Crippen LogP contribution < -0.4 is 15.1 Å². The normalized spacial score (nSPS) is 15.2. The first-order chi connectivity index (χ1) is 12.4. The summed E-state index contributed by atoms with van der Waals surface area (Å²) in [6, 6.07) is 11.8. The summed E-state index contributed by atoms with van der Waals surface area (Å²) in [5, 5.41) is 4.33. The van der Waals surface area contributed by atoms with Gasteiger partial charge in [-0.05, 0) is 49.2 Å². The highest BCUT2D eigenvalue weighted by atomic mass is 35.5. The minimum absolute atomic E-state index is 0.00468. The SMILES string of the molecule is Cc1cc(C)c(NC(=O)C[NH+]2CCN(c3cccc(Cl)c3)CC2)c(Cl)c1. The van der Waals surface area contributed by atoms with Gasteiger partial charge in [-0.2, -0.15) is 0 Å². The molecule has 1 amide bonds. The second kappa shape index (κ2) is 8.30. The maximum absolute atomic E-state index is 12.4. The van der Waals surface area contributed by atoms with Crippen LogP contribution in [0.25, 0.3) is 0 Å². The van der Waals surface area contributed by atoms with E-state index in [0.29, 0.717) is 11.6 Å². The molecule has 138 valence electrons. The number of nitrogens with one attached hydrogen (secondary N) is 2. The van der Waals surface area contributed by atoms with Crippen molar-refractivity contribution in [1.82, 2.24) is 0 Å². The molecule has 0 aliphatic carbocycles. The van der Waals surface area contributed by atoms with Gasteiger partial charge in [-0.3, -0.25) is 4.79 Å². The van der Waals surface area contributed by atoms with E-state index in [2.05, 4.69) is 16.3 Å². The van der Waals surface area contributed by atoms with Gasteiger partial charge in [0.05, 0.1) is 36.9 Å². The average molecular weight is 393 g/mol. The van der Waals surface area contributed by atoms with Gasteiger partial charge in [0.1, 0.15) is 0 Å². The van der Waals surface area contributed by atoms with E-state index >= 15 is 0 Å². The minimum Gasteiger partial charge on any atom is -0.360 e. The summed E-state index contributed by atoms with van der Waals surface area (Å²) in [6.07, 6.45) is 0. The predicted octanol–water partition coefficient (Wildman–Crippen LogP) is 2.95. The molecule has 26 heavy (non-hydrogen) atoms. The predicted molar refractivity (Wildman–Crippen MR) is 109 cm³/mol. The lowest BCUT2D eigenvalue weighted by Gasteiger charge is -2.33. The number of quaternary nitrogens is 1. The number of benzene rings is 2. The minimum atomic E-state index is 0.00468. The number of anilines is 2. The van der Waals surface area contributed by atoms with Crippen molar-refractivity contribution in [2.75, 3.05) is 42.9 Å². The van der Waals surface area contributed by atoms with E-state index in [4.69, 9.17) is 23.2 Å². The number of carbonyl (C=O) groups excluding carboxylic acids is 1. The highest BCUT2D eigenvalue weighted by Gasteiger charge is 2.23. The zero-order valence-electron chi connectivity index (χ0n) is 15.1. The number of hydrogen-bond acceptors (Lipinski definition) is 2. The van der Waals surface area contributed by atoms with Gasteiger partial charge >= 0.3 is 0 Å². The molecule has 0 spiro atoms. The van der Waals surface area contributed by atoms with Crippen molar-refractivity contribution < 1.29 is 9.69 Å². The van der Waals surface area contributed by atoms with Gasteiger partial charge in [0.15, 0.2) is 6.54 Å².